The van der Waals surface area contributed by atoms with Gasteiger partial charge < -0.3 is 35.8 Å². The number of halogens is 1. The molecule has 0 spiro atoms. The largest absolute Gasteiger partial charge is 0.465 e. The molecule has 1 heterocycles. The van der Waals surface area contributed by atoms with Gasteiger partial charge in [0, 0.05) is 37.1 Å². The SMILES string of the molecule is CNCC(O)C(CC1CCCCC1)NC(=O)N1CCCC(C(OCCNC(=O)O)c2cccc(Cl)c2)C1. The molecule has 37 heavy (non-hydrogen) atoms. The summed E-state index contributed by atoms with van der Waals surface area (Å²) in [5.41, 5.74) is 0.912. The highest BCUT2D eigenvalue weighted by Gasteiger charge is 2.33. The van der Waals surface area contributed by atoms with Gasteiger partial charge in [-0.3, -0.25) is 0 Å². The first kappa shape index (κ1) is 29.5. The van der Waals surface area contributed by atoms with Crippen LogP contribution in [-0.4, -0.2) is 79.2 Å². The number of carbonyl (C=O) groups is 2. The third-order valence-corrected chi connectivity index (χ3v) is 7.76. The van der Waals surface area contributed by atoms with Crippen molar-refractivity contribution in [1.82, 2.24) is 20.9 Å². The highest BCUT2D eigenvalue weighted by molar-refractivity contribution is 6.30. The summed E-state index contributed by atoms with van der Waals surface area (Å²) in [5, 5.41) is 28.8. The van der Waals surface area contributed by atoms with E-state index in [1.165, 1.54) is 19.3 Å². The van der Waals surface area contributed by atoms with Gasteiger partial charge in [-0.05, 0) is 49.9 Å². The number of benzene rings is 1. The van der Waals surface area contributed by atoms with Crippen LogP contribution in [0.3, 0.4) is 0 Å². The Balaban J connectivity index is 1.66. The lowest BCUT2D eigenvalue weighted by Gasteiger charge is -2.38. The number of urea groups is 1. The van der Waals surface area contributed by atoms with Crippen LogP contribution < -0.4 is 16.0 Å². The van der Waals surface area contributed by atoms with Gasteiger partial charge >= 0.3 is 12.1 Å². The van der Waals surface area contributed by atoms with Gasteiger partial charge in [-0.2, -0.15) is 0 Å². The van der Waals surface area contributed by atoms with Crippen molar-refractivity contribution in [3.63, 3.8) is 0 Å². The van der Waals surface area contributed by atoms with E-state index < -0.39 is 12.2 Å². The van der Waals surface area contributed by atoms with Gasteiger partial charge in [-0.25, -0.2) is 9.59 Å². The average Bonchev–Trinajstić information content (AvgIpc) is 2.89. The minimum Gasteiger partial charge on any atom is -0.465 e. The number of amides is 3. The molecule has 1 aliphatic heterocycles. The van der Waals surface area contributed by atoms with Gasteiger partial charge in [0.25, 0.3) is 0 Å². The topological polar surface area (TPSA) is 123 Å². The summed E-state index contributed by atoms with van der Waals surface area (Å²) in [6.07, 6.45) is 6.44. The van der Waals surface area contributed by atoms with E-state index >= 15 is 0 Å². The number of hydrogen-bond donors (Lipinski definition) is 5. The van der Waals surface area contributed by atoms with Crippen LogP contribution in [0.15, 0.2) is 24.3 Å². The summed E-state index contributed by atoms with van der Waals surface area (Å²) in [6.45, 7) is 1.97. The van der Waals surface area contributed by atoms with E-state index in [1.807, 2.05) is 23.1 Å². The molecule has 3 amide bonds. The van der Waals surface area contributed by atoms with Crippen molar-refractivity contribution in [3.05, 3.63) is 34.9 Å². The highest BCUT2D eigenvalue weighted by Crippen LogP contribution is 2.34. The second-order valence-corrected chi connectivity index (χ2v) is 10.8. The number of likely N-dealkylation sites (N-methyl/N-ethyl adjacent to an activating group) is 1. The first-order valence-corrected chi connectivity index (χ1v) is 14.0. The van der Waals surface area contributed by atoms with Gasteiger partial charge in [0.2, 0.25) is 0 Å². The van der Waals surface area contributed by atoms with Crippen molar-refractivity contribution < 1.29 is 24.5 Å². The molecule has 10 heteroatoms. The molecule has 2 fully saturated rings. The van der Waals surface area contributed by atoms with Crippen molar-refractivity contribution in [2.75, 3.05) is 39.8 Å². The molecule has 4 atom stereocenters. The van der Waals surface area contributed by atoms with Gasteiger partial charge in [-0.15, -0.1) is 0 Å². The molecule has 1 aliphatic carbocycles. The van der Waals surface area contributed by atoms with Crippen LogP contribution in [0, 0.1) is 11.8 Å². The van der Waals surface area contributed by atoms with Crippen LogP contribution >= 0.6 is 11.6 Å². The van der Waals surface area contributed by atoms with Gasteiger partial charge in [0.1, 0.15) is 0 Å². The molecule has 208 valence electrons. The molecule has 1 saturated heterocycles. The smallest absolute Gasteiger partial charge is 0.404 e. The normalized spacial score (nSPS) is 21.2. The van der Waals surface area contributed by atoms with Crippen LogP contribution in [0.25, 0.3) is 0 Å². The number of aliphatic hydroxyl groups is 1. The first-order chi connectivity index (χ1) is 17.9. The molecule has 1 aromatic rings. The molecule has 2 aliphatic rings. The van der Waals surface area contributed by atoms with Crippen LogP contribution in [0.2, 0.25) is 5.02 Å². The van der Waals surface area contributed by atoms with E-state index in [9.17, 15) is 14.7 Å². The van der Waals surface area contributed by atoms with Crippen LogP contribution in [0.5, 0.6) is 0 Å². The number of piperidine rings is 1. The molecular weight excluding hydrogens is 496 g/mol. The van der Waals surface area contributed by atoms with Gasteiger partial charge in [0.15, 0.2) is 0 Å². The second kappa shape index (κ2) is 15.4. The maximum absolute atomic E-state index is 13.4. The number of nitrogens with zero attached hydrogens (tertiary/aromatic N) is 1. The molecule has 9 nitrogen and oxygen atoms in total. The fourth-order valence-corrected chi connectivity index (χ4v) is 5.87. The van der Waals surface area contributed by atoms with Gasteiger partial charge in [0.05, 0.1) is 24.9 Å². The van der Waals surface area contributed by atoms with E-state index in [0.717, 1.165) is 37.7 Å². The number of carboxylic acid groups (broad SMARTS) is 1. The molecule has 0 aromatic heterocycles. The van der Waals surface area contributed by atoms with Crippen LogP contribution in [0.1, 0.15) is 63.0 Å². The summed E-state index contributed by atoms with van der Waals surface area (Å²) in [7, 11) is 1.81. The molecule has 0 radical (unpaired) electrons. The zero-order chi connectivity index (χ0) is 26.6. The first-order valence-electron chi connectivity index (χ1n) is 13.6. The Labute approximate surface area is 225 Å². The van der Waals surface area contributed by atoms with E-state index in [-0.39, 0.29) is 37.2 Å². The van der Waals surface area contributed by atoms with Crippen molar-refractivity contribution in [1.29, 1.82) is 0 Å². The summed E-state index contributed by atoms with van der Waals surface area (Å²) in [5.74, 6) is 0.557. The van der Waals surface area contributed by atoms with Crippen LogP contribution in [-0.2, 0) is 4.74 Å². The number of ether oxygens (including phenoxy) is 1. The molecule has 3 rings (SSSR count). The summed E-state index contributed by atoms with van der Waals surface area (Å²) in [6, 6.07) is 7.04. The lowest BCUT2D eigenvalue weighted by Crippen LogP contribution is -2.54. The zero-order valence-corrected chi connectivity index (χ0v) is 22.6. The molecular formula is C27H43ClN4O5. The van der Waals surface area contributed by atoms with Crippen molar-refractivity contribution in [2.45, 2.75) is 69.6 Å². The minimum atomic E-state index is -1.09. The van der Waals surface area contributed by atoms with E-state index in [1.54, 1.807) is 13.1 Å². The lowest BCUT2D eigenvalue weighted by molar-refractivity contribution is -0.00891. The number of likely N-dealkylation sites (tertiary alicyclic amines) is 1. The minimum absolute atomic E-state index is 0.0295. The highest BCUT2D eigenvalue weighted by atomic mass is 35.5. The van der Waals surface area contributed by atoms with Crippen molar-refractivity contribution >= 4 is 23.7 Å². The summed E-state index contributed by atoms with van der Waals surface area (Å²) in [4.78, 5) is 26.0. The maximum atomic E-state index is 13.4. The lowest BCUT2D eigenvalue weighted by atomic mass is 9.83. The zero-order valence-electron chi connectivity index (χ0n) is 21.8. The molecule has 1 aromatic carbocycles. The Kier molecular flexibility index (Phi) is 12.2. The van der Waals surface area contributed by atoms with E-state index in [2.05, 4.69) is 16.0 Å². The second-order valence-electron chi connectivity index (χ2n) is 10.3. The van der Waals surface area contributed by atoms with Crippen molar-refractivity contribution in [2.24, 2.45) is 11.8 Å². The number of nitrogens with one attached hydrogen (secondary N) is 3. The monoisotopic (exact) mass is 538 g/mol. The quantitative estimate of drug-likeness (QED) is 0.256. The predicted octanol–water partition coefficient (Wildman–Crippen LogP) is 4.01. The molecule has 0 bridgehead atoms. The Bertz CT molecular complexity index is 854. The number of hydrogen-bond acceptors (Lipinski definition) is 5. The summed E-state index contributed by atoms with van der Waals surface area (Å²) < 4.78 is 6.16. The molecule has 1 saturated carbocycles. The van der Waals surface area contributed by atoms with E-state index in [4.69, 9.17) is 21.4 Å². The Morgan fingerprint density at radius 1 is 1.19 bits per heavy atom. The standard InChI is InChI=1S/C27H43ClN4O5/c1-29-17-24(33)23(15-19-7-3-2-4-8-19)31-26(34)32-13-6-10-21(18-32)25(37-14-12-30-27(35)36)20-9-5-11-22(28)16-20/h5,9,11,16,19,21,23-25,29-30,33H,2-4,6-8,10,12-15,17-18H2,1H3,(H,31,34)(H,35,36). The van der Waals surface area contributed by atoms with E-state index in [0.29, 0.717) is 30.6 Å². The maximum Gasteiger partial charge on any atom is 0.404 e. The number of carbonyl (C=O) groups excluding carboxylic acids is 1. The van der Waals surface area contributed by atoms with Crippen molar-refractivity contribution in [3.8, 4) is 0 Å². The van der Waals surface area contributed by atoms with Gasteiger partial charge in [-0.1, -0.05) is 55.8 Å². The predicted molar refractivity (Wildman–Crippen MR) is 144 cm³/mol. The summed E-state index contributed by atoms with van der Waals surface area (Å²) >= 11 is 6.25. The number of aliphatic hydroxyl groups excluding tert-OH is 1. The average molecular weight is 539 g/mol. The molecule has 5 N–H and O–H groups in total. The Morgan fingerprint density at radius 3 is 2.68 bits per heavy atom. The van der Waals surface area contributed by atoms with Crippen LogP contribution in [0.4, 0.5) is 9.59 Å². The Hall–Kier alpha value is -2.07. The fraction of sp³-hybridized carbons (Fsp3) is 0.704. The Morgan fingerprint density at radius 2 is 1.97 bits per heavy atom. The number of rotatable bonds is 12. The third kappa shape index (κ3) is 9.63. The molecule has 4 unspecified atom stereocenters. The fourth-order valence-electron chi connectivity index (χ4n) is 5.67. The third-order valence-electron chi connectivity index (χ3n) is 7.52.